The fraction of sp³-hybridized carbons (Fsp3) is 0.321. The molecule has 2 heterocycles. The second-order valence-corrected chi connectivity index (χ2v) is 8.34. The molecule has 1 unspecified atom stereocenters. The molecular formula is C28H43FN7O5P. The Labute approximate surface area is 249 Å². The van der Waals surface area contributed by atoms with Crippen LogP contribution in [0.1, 0.15) is 43.3 Å². The van der Waals surface area contributed by atoms with Crippen LogP contribution in [0.2, 0.25) is 0 Å². The van der Waals surface area contributed by atoms with Gasteiger partial charge in [-0.15, -0.1) is 0 Å². The third-order valence-electron chi connectivity index (χ3n) is 5.38. The first-order chi connectivity index (χ1) is 19.3. The molecule has 0 radical (unpaired) electrons. The summed E-state index contributed by atoms with van der Waals surface area (Å²) in [4.78, 5) is 22.8. The summed E-state index contributed by atoms with van der Waals surface area (Å²) in [7, 11) is 0. The summed E-state index contributed by atoms with van der Waals surface area (Å²) in [6, 6.07) is 12.9. The number of hydrogen-bond acceptors (Lipinski definition) is 10. The molecule has 9 N–H and O–H groups in total. The Balaban J connectivity index is 0. The van der Waals surface area contributed by atoms with Crippen LogP contribution in [0.5, 0.6) is 0 Å². The number of rotatable bonds is 4. The van der Waals surface area contributed by atoms with Gasteiger partial charge in [-0.05, 0) is 51.1 Å². The predicted molar refractivity (Wildman–Crippen MR) is 169 cm³/mol. The molecule has 0 spiro atoms. The van der Waals surface area contributed by atoms with Gasteiger partial charge in [-0.25, -0.2) is 14.4 Å². The van der Waals surface area contributed by atoms with Crippen molar-refractivity contribution < 1.29 is 31.0 Å². The van der Waals surface area contributed by atoms with E-state index >= 15 is 0 Å². The fourth-order valence-corrected chi connectivity index (χ4v) is 3.57. The van der Waals surface area contributed by atoms with Crippen molar-refractivity contribution in [1.82, 2.24) is 20.2 Å². The number of carbonyl (C=O) groups is 1. The lowest BCUT2D eigenvalue weighted by Crippen LogP contribution is -2.34. The van der Waals surface area contributed by atoms with Crippen LogP contribution in [-0.4, -0.2) is 87.7 Å². The number of nitrogens with one attached hydrogen (secondary N) is 3. The maximum Gasteiger partial charge on any atom is 0.256 e. The Hall–Kier alpha value is -3.87. The molecule has 0 bridgehead atoms. The minimum atomic E-state index is -0.669. The molecule has 1 atom stereocenters. The van der Waals surface area contributed by atoms with Crippen LogP contribution >= 0.6 is 9.90 Å². The number of benzene rings is 2. The molecule has 4 rings (SSSR count). The smallest absolute Gasteiger partial charge is 0.256 e. The van der Waals surface area contributed by atoms with Crippen molar-refractivity contribution in [3.63, 3.8) is 0 Å². The Morgan fingerprint density at radius 1 is 1.10 bits per heavy atom. The second-order valence-electron chi connectivity index (χ2n) is 8.34. The first kappa shape index (κ1) is 38.1. The van der Waals surface area contributed by atoms with E-state index in [1.54, 1.807) is 55.1 Å². The number of halogens is 1. The summed E-state index contributed by atoms with van der Waals surface area (Å²) in [5.74, 6) is -1.78. The van der Waals surface area contributed by atoms with Gasteiger partial charge in [-0.3, -0.25) is 15.6 Å². The first-order valence-corrected chi connectivity index (χ1v) is 12.8. The van der Waals surface area contributed by atoms with E-state index in [-0.39, 0.29) is 64.6 Å². The van der Waals surface area contributed by atoms with E-state index in [0.717, 1.165) is 13.0 Å². The molecule has 1 saturated heterocycles. The normalized spacial score (nSPS) is 12.0. The molecule has 1 aliphatic rings. The molecule has 42 heavy (non-hydrogen) atoms. The summed E-state index contributed by atoms with van der Waals surface area (Å²) in [6.07, 6.45) is 2.16. The van der Waals surface area contributed by atoms with E-state index < -0.39 is 11.7 Å². The number of aromatic nitrogens is 2. The van der Waals surface area contributed by atoms with Crippen LogP contribution in [0.25, 0.3) is 11.3 Å². The SMILES string of the molecule is CCO.CCO.N=C(OC(=N)c1nc(-c2ccc(C(=O)N3CCCNCC3)c(F)c2)cnc1N)c1ccccc1.O.P.[HH]. The Morgan fingerprint density at radius 3 is 2.36 bits per heavy atom. The molecule has 0 saturated carbocycles. The topological polar surface area (TPSA) is 213 Å². The Morgan fingerprint density at radius 2 is 1.74 bits per heavy atom. The van der Waals surface area contributed by atoms with Crippen molar-refractivity contribution in [1.29, 1.82) is 10.8 Å². The van der Waals surface area contributed by atoms with Crippen LogP contribution in [0.15, 0.2) is 54.7 Å². The molecule has 232 valence electrons. The zero-order valence-electron chi connectivity index (χ0n) is 23.9. The first-order valence-electron chi connectivity index (χ1n) is 12.8. The minimum absolute atomic E-state index is 0. The van der Waals surface area contributed by atoms with Gasteiger partial charge in [0, 0.05) is 45.4 Å². The van der Waals surface area contributed by atoms with Gasteiger partial charge in [-0.1, -0.05) is 24.3 Å². The quantitative estimate of drug-likeness (QED) is 0.146. The van der Waals surface area contributed by atoms with Crippen LogP contribution in [0.4, 0.5) is 10.2 Å². The second kappa shape index (κ2) is 20.1. The van der Waals surface area contributed by atoms with E-state index in [9.17, 15) is 9.18 Å². The largest absolute Gasteiger partial charge is 0.419 e. The average Bonchev–Trinajstić information content (AvgIpc) is 3.24. The van der Waals surface area contributed by atoms with E-state index in [4.69, 9.17) is 31.5 Å². The fourth-order valence-electron chi connectivity index (χ4n) is 3.57. The molecule has 1 fully saturated rings. The summed E-state index contributed by atoms with van der Waals surface area (Å²) in [5.41, 5.74) is 6.89. The van der Waals surface area contributed by atoms with Gasteiger partial charge in [0.15, 0.2) is 11.5 Å². The molecule has 1 aromatic heterocycles. The Kier molecular flexibility index (Phi) is 18.2. The van der Waals surface area contributed by atoms with Gasteiger partial charge in [0.2, 0.25) is 11.8 Å². The molecular weight excluding hydrogens is 564 g/mol. The van der Waals surface area contributed by atoms with E-state index in [1.807, 2.05) is 0 Å². The number of nitrogens with zero attached hydrogens (tertiary/aromatic N) is 3. The molecule has 2 aromatic carbocycles. The third kappa shape index (κ3) is 11.2. The van der Waals surface area contributed by atoms with Crippen molar-refractivity contribution >= 4 is 33.4 Å². The molecule has 1 aliphatic heterocycles. The van der Waals surface area contributed by atoms with Crippen LogP contribution in [0.3, 0.4) is 0 Å². The van der Waals surface area contributed by atoms with Crippen molar-refractivity contribution in [3.8, 4) is 11.3 Å². The number of aliphatic hydroxyl groups is 2. The highest BCUT2D eigenvalue weighted by Gasteiger charge is 2.21. The predicted octanol–water partition coefficient (Wildman–Crippen LogP) is 2.14. The number of hydrogen-bond donors (Lipinski definition) is 6. The third-order valence-corrected chi connectivity index (χ3v) is 5.38. The number of anilines is 1. The molecule has 12 nitrogen and oxygen atoms in total. The van der Waals surface area contributed by atoms with Gasteiger partial charge in [0.1, 0.15) is 5.82 Å². The lowest BCUT2D eigenvalue weighted by atomic mass is 10.1. The lowest BCUT2D eigenvalue weighted by molar-refractivity contribution is 0.0761. The molecule has 14 heteroatoms. The maximum atomic E-state index is 14.9. The van der Waals surface area contributed by atoms with Crippen molar-refractivity contribution in [2.24, 2.45) is 0 Å². The number of nitrogens with two attached hydrogens (primary N) is 1. The standard InChI is InChI=1S/C24H24FN7O2.2C2H6O.H2O.H3P.H2/c25-18-13-16(7-8-17(18)24(33)32-11-4-9-29-10-12-32)19-14-30-21(26)20(31-19)23(28)34-22(27)15-5-2-1-3-6-15;2*1-2-3;;;/h1-3,5-8,13-14,27-29H,4,9-12H2,(H2,26,30);2*3H,2H2,1H3;1H2;1H3;1H. The summed E-state index contributed by atoms with van der Waals surface area (Å²) in [5, 5.41) is 34.6. The maximum absolute atomic E-state index is 14.9. The minimum Gasteiger partial charge on any atom is -0.419 e. The summed E-state index contributed by atoms with van der Waals surface area (Å²) < 4.78 is 20.2. The van der Waals surface area contributed by atoms with E-state index in [1.165, 1.54) is 18.3 Å². The van der Waals surface area contributed by atoms with Gasteiger partial charge >= 0.3 is 0 Å². The van der Waals surface area contributed by atoms with E-state index in [0.29, 0.717) is 30.8 Å². The van der Waals surface area contributed by atoms with Gasteiger partial charge in [-0.2, -0.15) is 9.90 Å². The van der Waals surface area contributed by atoms with E-state index in [2.05, 4.69) is 15.3 Å². The number of nitrogen functional groups attached to an aromatic ring is 1. The van der Waals surface area contributed by atoms with Gasteiger partial charge in [0.05, 0.1) is 17.5 Å². The Bertz CT molecular complexity index is 1280. The van der Waals surface area contributed by atoms with Crippen molar-refractivity contribution in [3.05, 3.63) is 77.4 Å². The van der Waals surface area contributed by atoms with Crippen LogP contribution in [-0.2, 0) is 4.74 Å². The molecule has 3 aromatic rings. The average molecular weight is 608 g/mol. The monoisotopic (exact) mass is 607 g/mol. The number of carbonyl (C=O) groups excluding carboxylic acids is 1. The van der Waals surface area contributed by atoms with Gasteiger partial charge < -0.3 is 36.4 Å². The van der Waals surface area contributed by atoms with Crippen molar-refractivity contribution in [2.75, 3.05) is 45.1 Å². The highest BCUT2D eigenvalue weighted by atomic mass is 31.0. The zero-order chi connectivity index (χ0) is 29.5. The number of aliphatic hydroxyl groups excluding tert-OH is 2. The lowest BCUT2D eigenvalue weighted by Gasteiger charge is -2.20. The molecule has 1 amide bonds. The highest BCUT2D eigenvalue weighted by molar-refractivity contribution is 6.92. The number of ether oxygens (including phenoxy) is 1. The zero-order valence-corrected chi connectivity index (χ0v) is 25.3. The van der Waals surface area contributed by atoms with Gasteiger partial charge in [0.25, 0.3) is 5.91 Å². The van der Waals surface area contributed by atoms with Crippen LogP contribution in [0, 0.1) is 16.6 Å². The summed E-state index contributed by atoms with van der Waals surface area (Å²) in [6.45, 7) is 6.45. The van der Waals surface area contributed by atoms with Crippen LogP contribution < -0.4 is 11.1 Å². The summed E-state index contributed by atoms with van der Waals surface area (Å²) >= 11 is 0. The molecule has 0 aliphatic carbocycles. The van der Waals surface area contributed by atoms with Crippen molar-refractivity contribution in [2.45, 2.75) is 20.3 Å². The number of amides is 1. The highest BCUT2D eigenvalue weighted by Crippen LogP contribution is 2.23.